The molecule has 0 saturated heterocycles. The Morgan fingerprint density at radius 3 is 1.47 bits per heavy atom. The van der Waals surface area contributed by atoms with E-state index in [-0.39, 0.29) is 19.0 Å². The molecule has 0 aliphatic rings. The van der Waals surface area contributed by atoms with Crippen LogP contribution in [0.4, 0.5) is 9.59 Å². The Morgan fingerprint density at radius 2 is 1.07 bits per heavy atom. The molecule has 4 aromatic rings. The van der Waals surface area contributed by atoms with Gasteiger partial charge in [-0.3, -0.25) is 9.69 Å². The Labute approximate surface area is 340 Å². The highest BCUT2D eigenvalue weighted by Gasteiger charge is 2.16. The molecule has 0 aliphatic heterocycles. The van der Waals surface area contributed by atoms with Gasteiger partial charge in [0.1, 0.15) is 24.5 Å². The summed E-state index contributed by atoms with van der Waals surface area (Å²) in [5, 5.41) is 4.59. The first kappa shape index (κ1) is 51.5. The molecule has 0 aliphatic carbocycles. The number of aromatic amines is 2. The third-order valence-electron chi connectivity index (χ3n) is 7.28. The summed E-state index contributed by atoms with van der Waals surface area (Å²) in [5.74, 6) is 1.45. The maximum Gasteiger partial charge on any atom is 0.407 e. The second-order valence-corrected chi connectivity index (χ2v) is 12.5. The number of hydrogen-bond donors (Lipinski definition) is 4. The largest absolute Gasteiger partial charge is 0.453 e. The lowest BCUT2D eigenvalue weighted by molar-refractivity contribution is -0.130. The minimum Gasteiger partial charge on any atom is -0.453 e. The van der Waals surface area contributed by atoms with Gasteiger partial charge < -0.3 is 39.8 Å². The van der Waals surface area contributed by atoms with Crippen LogP contribution in [0.3, 0.4) is 0 Å². The molecule has 2 aromatic carbocycles. The van der Waals surface area contributed by atoms with E-state index in [9.17, 15) is 19.2 Å². The highest BCUT2D eigenvalue weighted by molar-refractivity contribution is 5.82. The van der Waals surface area contributed by atoms with Crippen LogP contribution in [-0.2, 0) is 32.2 Å². The lowest BCUT2D eigenvalue weighted by atomic mass is 10.0. The number of ether oxygens (including phenoxy) is 2. The van der Waals surface area contributed by atoms with E-state index in [2.05, 4.69) is 135 Å². The molecule has 2 aromatic heterocycles. The fourth-order valence-corrected chi connectivity index (χ4v) is 4.85. The molecule has 4 N–H and O–H groups in total. The summed E-state index contributed by atoms with van der Waals surface area (Å²) in [6.45, 7) is 19.3. The van der Waals surface area contributed by atoms with Crippen LogP contribution < -0.4 is 10.6 Å². The minimum absolute atomic E-state index is 0.00662. The summed E-state index contributed by atoms with van der Waals surface area (Å²) < 4.78 is 8.69. The van der Waals surface area contributed by atoms with Crippen molar-refractivity contribution < 1.29 is 28.7 Å². The Kier molecular flexibility index (Phi) is 28.6. The first-order valence-corrected chi connectivity index (χ1v) is 19.9. The van der Waals surface area contributed by atoms with Crippen molar-refractivity contribution >= 4 is 24.4 Å². The fraction of sp³-hybridized carbons (Fsp3) is 0.488. The van der Waals surface area contributed by atoms with Gasteiger partial charge in [0.2, 0.25) is 5.91 Å². The van der Waals surface area contributed by atoms with Gasteiger partial charge in [0.15, 0.2) is 0 Å². The lowest BCUT2D eigenvalue weighted by Gasteiger charge is -2.21. The maximum absolute atomic E-state index is 12.6. The number of hydrogen-bond acceptors (Lipinski definition) is 9. The van der Waals surface area contributed by atoms with Crippen LogP contribution in [-0.4, -0.2) is 102 Å². The van der Waals surface area contributed by atoms with Crippen molar-refractivity contribution in [2.24, 2.45) is 0 Å². The number of alkyl carbamates (subject to hydrolysis) is 2. The van der Waals surface area contributed by atoms with Crippen LogP contribution in [0.1, 0.15) is 92.7 Å². The smallest absolute Gasteiger partial charge is 0.407 e. The number of nitrogens with one attached hydrogen (secondary N) is 4. The van der Waals surface area contributed by atoms with Crippen LogP contribution in [0.15, 0.2) is 60.9 Å². The molecule has 0 unspecified atom stereocenters. The van der Waals surface area contributed by atoms with E-state index in [4.69, 9.17) is 0 Å². The van der Waals surface area contributed by atoms with Crippen molar-refractivity contribution in [2.75, 3.05) is 47.4 Å². The van der Waals surface area contributed by atoms with Crippen molar-refractivity contribution in [3.63, 3.8) is 0 Å². The highest BCUT2D eigenvalue weighted by Crippen LogP contribution is 2.27. The number of aromatic nitrogens is 4. The van der Waals surface area contributed by atoms with Crippen molar-refractivity contribution in [1.82, 2.24) is 40.4 Å². The molecule has 0 fully saturated rings. The van der Waals surface area contributed by atoms with E-state index in [1.54, 1.807) is 11.1 Å². The zero-order chi connectivity index (χ0) is 43.0. The summed E-state index contributed by atoms with van der Waals surface area (Å²) in [4.78, 5) is 63.2. The second-order valence-electron chi connectivity index (χ2n) is 12.5. The van der Waals surface area contributed by atoms with Gasteiger partial charge in [-0.2, -0.15) is 0 Å². The average molecular weight is 793 g/mol. The summed E-state index contributed by atoms with van der Waals surface area (Å²) in [7, 11) is 4.61. The van der Waals surface area contributed by atoms with E-state index in [0.717, 1.165) is 65.4 Å². The molecule has 14 nitrogen and oxygen atoms in total. The van der Waals surface area contributed by atoms with E-state index in [1.165, 1.54) is 27.1 Å². The monoisotopic (exact) mass is 793 g/mol. The average Bonchev–Trinajstić information content (AvgIpc) is 3.90. The number of aldehydes is 1. The first-order valence-electron chi connectivity index (χ1n) is 19.9. The van der Waals surface area contributed by atoms with Crippen molar-refractivity contribution in [3.8, 4) is 33.6 Å². The van der Waals surface area contributed by atoms with Gasteiger partial charge in [-0.25, -0.2) is 19.6 Å². The zero-order valence-corrected chi connectivity index (χ0v) is 36.2. The normalized spacial score (nSPS) is 9.75. The van der Waals surface area contributed by atoms with Crippen LogP contribution in [0, 0.1) is 0 Å². The molecule has 14 heteroatoms. The molecule has 2 heterocycles. The predicted octanol–water partition coefficient (Wildman–Crippen LogP) is 8.47. The summed E-state index contributed by atoms with van der Waals surface area (Å²) in [5.41, 5.74) is 6.23. The Morgan fingerprint density at radius 1 is 0.667 bits per heavy atom. The van der Waals surface area contributed by atoms with Crippen LogP contribution in [0.25, 0.3) is 33.6 Å². The Bertz CT molecular complexity index is 1650. The third kappa shape index (κ3) is 20.8. The molecule has 0 saturated carbocycles. The number of carbonyl (C=O) groups excluding carboxylic acids is 4. The fourth-order valence-electron chi connectivity index (χ4n) is 4.85. The number of H-pyrrole nitrogens is 2. The summed E-state index contributed by atoms with van der Waals surface area (Å²) >= 11 is 0. The van der Waals surface area contributed by atoms with Gasteiger partial charge in [-0.1, -0.05) is 117 Å². The predicted molar refractivity (Wildman–Crippen MR) is 230 cm³/mol. The van der Waals surface area contributed by atoms with Crippen molar-refractivity contribution in [2.45, 2.75) is 94.2 Å². The minimum atomic E-state index is -0.632. The van der Waals surface area contributed by atoms with Crippen molar-refractivity contribution in [3.05, 3.63) is 72.6 Å². The summed E-state index contributed by atoms with van der Waals surface area (Å²) in [6.07, 6.45) is 7.45. The highest BCUT2D eigenvalue weighted by atomic mass is 16.5. The number of imidazole rings is 2. The molecule has 0 bridgehead atoms. The second kappa shape index (κ2) is 31.7. The molecule has 4 rings (SSSR count). The zero-order valence-electron chi connectivity index (χ0n) is 36.2. The van der Waals surface area contributed by atoms with Gasteiger partial charge in [-0.05, 0) is 48.7 Å². The number of amides is 3. The van der Waals surface area contributed by atoms with E-state index in [0.29, 0.717) is 25.2 Å². The number of benzene rings is 2. The van der Waals surface area contributed by atoms with Gasteiger partial charge >= 0.3 is 12.2 Å². The van der Waals surface area contributed by atoms with E-state index in [1.807, 2.05) is 27.0 Å². The van der Waals surface area contributed by atoms with Gasteiger partial charge in [0, 0.05) is 6.54 Å². The number of rotatable bonds is 15. The number of methoxy groups -OCH3 is 2. The molecular weight excluding hydrogens is 725 g/mol. The number of nitrogens with zero attached hydrogens (tertiary/aromatic N) is 4. The van der Waals surface area contributed by atoms with Crippen molar-refractivity contribution in [1.29, 1.82) is 0 Å². The molecular formula is C43H68N8O6. The topological polar surface area (TPSA) is 175 Å². The molecule has 0 atom stereocenters. The molecule has 0 spiro atoms. The number of carbonyl (C=O) groups is 4. The lowest BCUT2D eigenvalue weighted by Crippen LogP contribution is -2.40. The standard InChI is InChI=1S/C31H39N7O3.C4H7NO3.2C3H8.C2H6/c1-5-15-37(3)20-28-32-17-26(35-28)24-11-7-22(8-12-24)23-9-13-25(14-10-23)27-18-33-29(36-27)21-38(16-6-2)30(39)19-34-31(40)41-4;1-8-4(7)5-2-3-6;2*1-3-2;1-2/h7-14,17-18H,5-6,15-16,19-21H2,1-4H3,(H,32,35)(H,33,36)(H,34,40);3H,2H2,1H3,(H,5,7);2*3H2,1-2H3;1-2H3. The van der Waals surface area contributed by atoms with E-state index >= 15 is 0 Å². The molecule has 3 amide bonds. The van der Waals surface area contributed by atoms with Crippen LogP contribution in [0.5, 0.6) is 0 Å². The van der Waals surface area contributed by atoms with E-state index < -0.39 is 12.2 Å². The molecule has 316 valence electrons. The van der Waals surface area contributed by atoms with Gasteiger partial charge in [-0.15, -0.1) is 0 Å². The maximum atomic E-state index is 12.6. The first-order chi connectivity index (χ1) is 27.5. The van der Waals surface area contributed by atoms with Gasteiger partial charge in [0.05, 0.1) is 57.6 Å². The Hall–Kier alpha value is -5.50. The van der Waals surface area contributed by atoms with Crippen LogP contribution >= 0.6 is 0 Å². The SMILES string of the molecule is CC.CCC.CCC.CCCN(C)Cc1ncc(-c2ccc(-c3ccc(-c4cnc(CN(CCC)C(=O)CNC(=O)OC)[nH]4)cc3)cc2)[nH]1.COC(=O)NCC=O. The van der Waals surface area contributed by atoms with Crippen LogP contribution in [0.2, 0.25) is 0 Å². The molecule has 57 heavy (non-hydrogen) atoms. The third-order valence-corrected chi connectivity index (χ3v) is 7.28. The summed E-state index contributed by atoms with van der Waals surface area (Å²) in [6, 6.07) is 16.8. The Balaban J connectivity index is 0.00000167. The van der Waals surface area contributed by atoms with Gasteiger partial charge in [0.25, 0.3) is 0 Å². The quantitative estimate of drug-likeness (QED) is 0.0861. The molecule has 0 radical (unpaired) electrons.